The van der Waals surface area contributed by atoms with Crippen molar-refractivity contribution in [3.63, 3.8) is 0 Å². The molecule has 0 saturated heterocycles. The zero-order chi connectivity index (χ0) is 22.2. The summed E-state index contributed by atoms with van der Waals surface area (Å²) in [5.41, 5.74) is 0. The molecule has 5 nitrogen and oxygen atoms in total. The molecule has 0 aliphatic heterocycles. The van der Waals surface area contributed by atoms with Gasteiger partial charge in [-0.25, -0.2) is 0 Å². The van der Waals surface area contributed by atoms with Crippen LogP contribution in [0.3, 0.4) is 0 Å². The van der Waals surface area contributed by atoms with Crippen LogP contribution in [-0.2, 0) is 19.6 Å². The number of halogens is 3. The molecule has 0 aromatic carbocycles. The van der Waals surface area contributed by atoms with Gasteiger partial charge in [-0.2, -0.15) is 21.6 Å². The number of carbonyl (C=O) groups is 1. The Bertz CT molecular complexity index is 521. The van der Waals surface area contributed by atoms with Gasteiger partial charge in [0.2, 0.25) is 6.10 Å². The van der Waals surface area contributed by atoms with Gasteiger partial charge in [0.25, 0.3) is 10.1 Å². The largest absolute Gasteiger partial charge is 0.451 e. The zero-order valence-corrected chi connectivity index (χ0v) is 18.3. The molecule has 0 radical (unpaired) electrons. The van der Waals surface area contributed by atoms with E-state index in [1.54, 1.807) is 0 Å². The highest BCUT2D eigenvalue weighted by Gasteiger charge is 2.45. The van der Waals surface area contributed by atoms with Gasteiger partial charge in [-0.3, -0.25) is 9.35 Å². The van der Waals surface area contributed by atoms with Gasteiger partial charge in [-0.05, 0) is 6.42 Å². The number of unbranched alkanes of at least 4 members (excludes halogenated alkanes) is 13. The number of carbonyl (C=O) groups excluding carboxylic acids is 1. The van der Waals surface area contributed by atoms with Gasteiger partial charge in [-0.1, -0.05) is 90.4 Å². The Morgan fingerprint density at radius 1 is 0.828 bits per heavy atom. The molecule has 174 valence electrons. The third-order valence-corrected chi connectivity index (χ3v) is 5.46. The molecular formula is C20H37F3O5S. The molecule has 0 fully saturated rings. The number of rotatable bonds is 18. The molecule has 29 heavy (non-hydrogen) atoms. The molecule has 0 aromatic rings. The quantitative estimate of drug-likeness (QED) is 0.154. The molecule has 1 N–H and O–H groups in total. The highest BCUT2D eigenvalue weighted by molar-refractivity contribution is 7.85. The lowest BCUT2D eigenvalue weighted by atomic mass is 10.0. The van der Waals surface area contributed by atoms with E-state index in [1.807, 2.05) is 0 Å². The minimum absolute atomic E-state index is 0.198. The molecule has 1 atom stereocenters. The molecule has 9 heteroatoms. The average Bonchev–Trinajstić information content (AvgIpc) is 2.59. The standard InChI is InChI=1S/C20H37F3O5S/c1-2-3-4-5-6-7-8-9-10-11-12-13-14-15-16-19(24)28-18(20(21,22)23)17-29(25,26)27/h18H,2-17H2,1H3,(H,25,26,27). The van der Waals surface area contributed by atoms with E-state index in [2.05, 4.69) is 11.7 Å². The first kappa shape index (κ1) is 28.2. The lowest BCUT2D eigenvalue weighted by Crippen LogP contribution is -2.39. The maximum absolute atomic E-state index is 12.7. The van der Waals surface area contributed by atoms with Gasteiger partial charge in [0, 0.05) is 6.42 Å². The zero-order valence-electron chi connectivity index (χ0n) is 17.5. The molecule has 0 bridgehead atoms. The van der Waals surface area contributed by atoms with E-state index in [0.717, 1.165) is 19.3 Å². The predicted molar refractivity (Wildman–Crippen MR) is 107 cm³/mol. The Hall–Kier alpha value is -0.830. The Morgan fingerprint density at radius 2 is 1.21 bits per heavy atom. The summed E-state index contributed by atoms with van der Waals surface area (Å²) in [6.45, 7) is 2.21. The molecule has 0 saturated carbocycles. The number of alkyl halides is 3. The van der Waals surface area contributed by atoms with E-state index in [-0.39, 0.29) is 6.42 Å². The van der Waals surface area contributed by atoms with E-state index < -0.39 is 34.1 Å². The van der Waals surface area contributed by atoms with E-state index in [4.69, 9.17) is 4.55 Å². The Morgan fingerprint density at radius 3 is 1.55 bits per heavy atom. The first-order chi connectivity index (χ1) is 13.6. The average molecular weight is 447 g/mol. The molecule has 0 amide bonds. The molecule has 0 heterocycles. The minimum atomic E-state index is -5.04. The Kier molecular flexibility index (Phi) is 15.5. The van der Waals surface area contributed by atoms with E-state index in [9.17, 15) is 26.4 Å². The maximum atomic E-state index is 12.7. The third kappa shape index (κ3) is 18.9. The third-order valence-electron chi connectivity index (χ3n) is 4.74. The second-order valence-electron chi connectivity index (χ2n) is 7.61. The van der Waals surface area contributed by atoms with Gasteiger partial charge in [0.15, 0.2) is 0 Å². The summed E-state index contributed by atoms with van der Waals surface area (Å²) >= 11 is 0. The molecule has 0 aliphatic rings. The van der Waals surface area contributed by atoms with Crippen LogP contribution < -0.4 is 0 Å². The van der Waals surface area contributed by atoms with E-state index in [0.29, 0.717) is 12.8 Å². The van der Waals surface area contributed by atoms with Gasteiger partial charge < -0.3 is 4.74 Å². The van der Waals surface area contributed by atoms with Gasteiger partial charge in [0.1, 0.15) is 5.75 Å². The van der Waals surface area contributed by atoms with Gasteiger partial charge >= 0.3 is 12.1 Å². The Labute approximate surface area is 173 Å². The summed E-state index contributed by atoms with van der Waals surface area (Å²) in [7, 11) is -4.90. The molecule has 0 spiro atoms. The molecular weight excluding hydrogens is 409 g/mol. The second kappa shape index (κ2) is 15.9. The van der Waals surface area contributed by atoms with Crippen LogP contribution in [0.1, 0.15) is 103 Å². The normalized spacial score (nSPS) is 13.4. The van der Waals surface area contributed by atoms with Crippen molar-refractivity contribution in [3.8, 4) is 0 Å². The highest BCUT2D eigenvalue weighted by atomic mass is 32.2. The number of hydrogen-bond donors (Lipinski definition) is 1. The fourth-order valence-corrected chi connectivity index (χ4v) is 3.71. The summed E-state index contributed by atoms with van der Waals surface area (Å²) in [6, 6.07) is 0. The smallest absolute Gasteiger partial charge is 0.426 e. The van der Waals surface area contributed by atoms with Crippen LogP contribution >= 0.6 is 0 Å². The van der Waals surface area contributed by atoms with Crippen LogP contribution in [0.25, 0.3) is 0 Å². The van der Waals surface area contributed by atoms with Crippen molar-refractivity contribution in [1.82, 2.24) is 0 Å². The summed E-state index contributed by atoms with van der Waals surface area (Å²) in [4.78, 5) is 11.5. The molecule has 0 rings (SSSR count). The summed E-state index contributed by atoms with van der Waals surface area (Å²) < 4.78 is 72.0. The first-order valence-corrected chi connectivity index (χ1v) is 12.4. The summed E-state index contributed by atoms with van der Waals surface area (Å²) in [5.74, 6) is -2.78. The van der Waals surface area contributed by atoms with Crippen LogP contribution in [0.4, 0.5) is 13.2 Å². The lowest BCUT2D eigenvalue weighted by Gasteiger charge is -2.19. The monoisotopic (exact) mass is 446 g/mol. The van der Waals surface area contributed by atoms with Crippen molar-refractivity contribution >= 4 is 16.1 Å². The van der Waals surface area contributed by atoms with Gasteiger partial charge in [-0.15, -0.1) is 0 Å². The summed E-state index contributed by atoms with van der Waals surface area (Å²) in [5, 5.41) is 0. The van der Waals surface area contributed by atoms with E-state index in [1.165, 1.54) is 57.8 Å². The van der Waals surface area contributed by atoms with Crippen LogP contribution in [-0.4, -0.2) is 37.0 Å². The molecule has 0 aliphatic carbocycles. The van der Waals surface area contributed by atoms with Crippen molar-refractivity contribution in [2.24, 2.45) is 0 Å². The molecule has 1 unspecified atom stereocenters. The minimum Gasteiger partial charge on any atom is -0.451 e. The maximum Gasteiger partial charge on any atom is 0.426 e. The van der Waals surface area contributed by atoms with Crippen molar-refractivity contribution < 1.29 is 35.7 Å². The molecule has 0 aromatic heterocycles. The topological polar surface area (TPSA) is 80.7 Å². The van der Waals surface area contributed by atoms with Crippen molar-refractivity contribution in [3.05, 3.63) is 0 Å². The number of hydrogen-bond acceptors (Lipinski definition) is 4. The predicted octanol–water partition coefficient (Wildman–Crippen LogP) is 6.22. The number of esters is 1. The fraction of sp³-hybridized carbons (Fsp3) is 0.950. The fourth-order valence-electron chi connectivity index (χ4n) is 3.07. The van der Waals surface area contributed by atoms with Crippen LogP contribution in [0.2, 0.25) is 0 Å². The van der Waals surface area contributed by atoms with Crippen molar-refractivity contribution in [2.45, 2.75) is 116 Å². The number of ether oxygens (including phenoxy) is 1. The van der Waals surface area contributed by atoms with Crippen LogP contribution in [0, 0.1) is 0 Å². The van der Waals surface area contributed by atoms with Crippen molar-refractivity contribution in [1.29, 1.82) is 0 Å². The highest BCUT2D eigenvalue weighted by Crippen LogP contribution is 2.25. The van der Waals surface area contributed by atoms with Gasteiger partial charge in [0.05, 0.1) is 0 Å². The van der Waals surface area contributed by atoms with E-state index >= 15 is 0 Å². The van der Waals surface area contributed by atoms with Crippen molar-refractivity contribution in [2.75, 3.05) is 5.75 Å². The van der Waals surface area contributed by atoms with Crippen LogP contribution in [0.5, 0.6) is 0 Å². The lowest BCUT2D eigenvalue weighted by molar-refractivity contribution is -0.215. The first-order valence-electron chi connectivity index (χ1n) is 10.8. The second-order valence-corrected chi connectivity index (χ2v) is 9.11. The SMILES string of the molecule is CCCCCCCCCCCCCCCCC(=O)OC(CS(=O)(=O)O)C(F)(F)F. The van der Waals surface area contributed by atoms with Crippen LogP contribution in [0.15, 0.2) is 0 Å². The Balaban J connectivity index is 3.66. The summed E-state index contributed by atoms with van der Waals surface area (Å²) in [6.07, 6.45) is 7.61.